The van der Waals surface area contributed by atoms with Crippen molar-refractivity contribution in [3.8, 4) is 0 Å². The Hall–Kier alpha value is -1.03. The van der Waals surface area contributed by atoms with Crippen molar-refractivity contribution in [2.75, 3.05) is 0 Å². The van der Waals surface area contributed by atoms with Crippen LogP contribution in [-0.4, -0.2) is 9.79 Å². The fourth-order valence-electron chi connectivity index (χ4n) is 2.13. The van der Waals surface area contributed by atoms with Crippen LogP contribution in [-0.2, 0) is 0 Å². The molecule has 0 atom stereocenters. The molecule has 0 heterocycles. The molecule has 1 aliphatic carbocycles. The molecule has 16 heavy (non-hydrogen) atoms. The van der Waals surface area contributed by atoms with Crippen molar-refractivity contribution >= 4 is 11.8 Å². The molecule has 0 saturated heterocycles. The maximum absolute atomic E-state index is 11.3. The number of benzene rings is 1. The van der Waals surface area contributed by atoms with Gasteiger partial charge in [0.2, 0.25) is 0 Å². The van der Waals surface area contributed by atoms with E-state index in [2.05, 4.69) is 0 Å². The summed E-state index contributed by atoms with van der Waals surface area (Å²) in [5.41, 5.74) is 0. The van der Waals surface area contributed by atoms with Gasteiger partial charge in [-0.3, -0.25) is 10.1 Å². The third-order valence-electron chi connectivity index (χ3n) is 3.02. The van der Waals surface area contributed by atoms with Crippen LogP contribution in [0.1, 0.15) is 32.1 Å². The molecule has 4 heteroatoms. The quantitative estimate of drug-likeness (QED) is 0.457. The third kappa shape index (κ3) is 2.38. The highest BCUT2D eigenvalue weighted by atomic mass is 32.2. The fraction of sp³-hybridized carbons (Fsp3) is 0.500. The second-order valence-corrected chi connectivity index (χ2v) is 5.61. The maximum Gasteiger partial charge on any atom is 0.271 e. The first-order chi connectivity index (χ1) is 7.73. The molecule has 0 aliphatic heterocycles. The second-order valence-electron chi connectivity index (χ2n) is 4.18. The number of hydrogen-bond donors (Lipinski definition) is 0. The van der Waals surface area contributed by atoms with Gasteiger partial charge in [-0.05, 0) is 36.7 Å². The van der Waals surface area contributed by atoms with E-state index >= 15 is 0 Å². The zero-order valence-corrected chi connectivity index (χ0v) is 9.91. The molecule has 0 radical (unpaired) electrons. The summed E-state index contributed by atoms with van der Waals surface area (Å²) < 4.78 is 0. The average Bonchev–Trinajstić information content (AvgIpc) is 2.31. The molecule has 86 valence electrons. The van der Waals surface area contributed by atoms with E-state index in [0.717, 1.165) is 24.2 Å². The first kappa shape index (κ1) is 11.5. The molecule has 1 aromatic rings. The van der Waals surface area contributed by atoms with E-state index in [0.29, 0.717) is 12.8 Å². The maximum atomic E-state index is 11.3. The van der Waals surface area contributed by atoms with Crippen LogP contribution in [0.5, 0.6) is 0 Å². The van der Waals surface area contributed by atoms with Gasteiger partial charge < -0.3 is 0 Å². The zero-order chi connectivity index (χ0) is 11.4. The minimum Gasteiger partial charge on any atom is -0.263 e. The van der Waals surface area contributed by atoms with Gasteiger partial charge in [0, 0.05) is 22.7 Å². The lowest BCUT2D eigenvalue weighted by atomic mass is 9.95. The van der Waals surface area contributed by atoms with Crippen LogP contribution in [0.15, 0.2) is 35.2 Å². The van der Waals surface area contributed by atoms with Crippen molar-refractivity contribution in [3.05, 3.63) is 40.4 Å². The standard InChI is InChI=1S/C12H15NO2S/c14-13(15)12(9-5-2-6-10-12)16-11-7-3-1-4-8-11/h1,3-4,7-8H,2,5-6,9-10H2. The van der Waals surface area contributed by atoms with Crippen LogP contribution >= 0.6 is 11.8 Å². The van der Waals surface area contributed by atoms with Crippen LogP contribution in [0.25, 0.3) is 0 Å². The lowest BCUT2D eigenvalue weighted by molar-refractivity contribution is -0.542. The van der Waals surface area contributed by atoms with Crippen LogP contribution in [0.4, 0.5) is 0 Å². The molecule has 0 amide bonds. The van der Waals surface area contributed by atoms with E-state index in [9.17, 15) is 10.1 Å². The van der Waals surface area contributed by atoms with Gasteiger partial charge in [0.05, 0.1) is 0 Å². The third-order valence-corrected chi connectivity index (χ3v) is 4.46. The van der Waals surface area contributed by atoms with E-state index in [-0.39, 0.29) is 4.92 Å². The smallest absolute Gasteiger partial charge is 0.263 e. The summed E-state index contributed by atoms with van der Waals surface area (Å²) in [5.74, 6) is 0. The lowest BCUT2D eigenvalue weighted by Gasteiger charge is -2.28. The highest BCUT2D eigenvalue weighted by Crippen LogP contribution is 2.43. The number of rotatable bonds is 3. The molecule has 0 unspecified atom stereocenters. The molecule has 0 bridgehead atoms. The number of nitrogens with zero attached hydrogens (tertiary/aromatic N) is 1. The molecule has 3 nitrogen and oxygen atoms in total. The number of nitro groups is 1. The Balaban J connectivity index is 2.17. The summed E-state index contributed by atoms with van der Waals surface area (Å²) in [6.07, 6.45) is 4.46. The Morgan fingerprint density at radius 3 is 2.31 bits per heavy atom. The molecule has 1 aromatic carbocycles. The van der Waals surface area contributed by atoms with E-state index in [1.54, 1.807) is 0 Å². The molecule has 1 aliphatic rings. The lowest BCUT2D eigenvalue weighted by Crippen LogP contribution is -2.36. The van der Waals surface area contributed by atoms with Gasteiger partial charge in [-0.1, -0.05) is 24.6 Å². The average molecular weight is 237 g/mol. The van der Waals surface area contributed by atoms with Gasteiger partial charge in [0.1, 0.15) is 0 Å². The van der Waals surface area contributed by atoms with Gasteiger partial charge >= 0.3 is 0 Å². The summed E-state index contributed by atoms with van der Waals surface area (Å²) in [5, 5.41) is 11.3. The van der Waals surface area contributed by atoms with Gasteiger partial charge in [-0.2, -0.15) is 0 Å². The second kappa shape index (κ2) is 4.87. The van der Waals surface area contributed by atoms with Gasteiger partial charge in [-0.25, -0.2) is 0 Å². The highest BCUT2D eigenvalue weighted by molar-refractivity contribution is 8.00. The molecule has 0 N–H and O–H groups in total. The Labute approximate surface area is 99.4 Å². The Morgan fingerprint density at radius 1 is 1.12 bits per heavy atom. The van der Waals surface area contributed by atoms with Crippen molar-refractivity contribution < 1.29 is 4.92 Å². The van der Waals surface area contributed by atoms with Crippen molar-refractivity contribution in [3.63, 3.8) is 0 Å². The normalized spacial score (nSPS) is 19.2. The molecular formula is C12H15NO2S. The predicted octanol–water partition coefficient (Wildman–Crippen LogP) is 3.72. The van der Waals surface area contributed by atoms with Gasteiger partial charge in [-0.15, -0.1) is 0 Å². The Kier molecular flexibility index (Phi) is 3.49. The zero-order valence-electron chi connectivity index (χ0n) is 9.09. The molecule has 1 saturated carbocycles. The molecule has 0 aromatic heterocycles. The van der Waals surface area contributed by atoms with Gasteiger partial charge in [0.15, 0.2) is 0 Å². The first-order valence-electron chi connectivity index (χ1n) is 5.61. The summed E-state index contributed by atoms with van der Waals surface area (Å²) in [6, 6.07) is 9.69. The summed E-state index contributed by atoms with van der Waals surface area (Å²) >= 11 is 1.42. The van der Waals surface area contributed by atoms with Crippen molar-refractivity contribution in [2.45, 2.75) is 41.9 Å². The minimum absolute atomic E-state index is 0.0795. The molecule has 1 fully saturated rings. The fourth-order valence-corrected chi connectivity index (χ4v) is 3.43. The Morgan fingerprint density at radius 2 is 1.75 bits per heavy atom. The topological polar surface area (TPSA) is 43.1 Å². The monoisotopic (exact) mass is 237 g/mol. The first-order valence-corrected chi connectivity index (χ1v) is 6.43. The van der Waals surface area contributed by atoms with E-state index in [1.807, 2.05) is 30.3 Å². The number of thioether (sulfide) groups is 1. The SMILES string of the molecule is O=[N+]([O-])C1(Sc2ccccc2)CCCCC1. The van der Waals surface area contributed by atoms with Gasteiger partial charge in [0.25, 0.3) is 4.87 Å². The van der Waals surface area contributed by atoms with Crippen molar-refractivity contribution in [1.82, 2.24) is 0 Å². The van der Waals surface area contributed by atoms with Crippen molar-refractivity contribution in [2.24, 2.45) is 0 Å². The Bertz CT molecular complexity index is 361. The van der Waals surface area contributed by atoms with E-state index in [4.69, 9.17) is 0 Å². The van der Waals surface area contributed by atoms with Crippen LogP contribution < -0.4 is 0 Å². The number of hydrogen-bond acceptors (Lipinski definition) is 3. The molecule has 2 rings (SSSR count). The largest absolute Gasteiger partial charge is 0.271 e. The van der Waals surface area contributed by atoms with Crippen molar-refractivity contribution in [1.29, 1.82) is 0 Å². The van der Waals surface area contributed by atoms with Crippen LogP contribution in [0, 0.1) is 10.1 Å². The highest BCUT2D eigenvalue weighted by Gasteiger charge is 2.44. The summed E-state index contributed by atoms with van der Waals surface area (Å²) in [7, 11) is 0. The summed E-state index contributed by atoms with van der Waals surface area (Å²) in [4.78, 5) is 11.4. The van der Waals surface area contributed by atoms with E-state index < -0.39 is 4.87 Å². The van der Waals surface area contributed by atoms with E-state index in [1.165, 1.54) is 11.8 Å². The summed E-state index contributed by atoms with van der Waals surface area (Å²) in [6.45, 7) is 0. The minimum atomic E-state index is -0.778. The molecule has 0 spiro atoms. The predicted molar refractivity (Wildman–Crippen MR) is 65.1 cm³/mol. The van der Waals surface area contributed by atoms with Crippen LogP contribution in [0.2, 0.25) is 0 Å². The molecular weight excluding hydrogens is 222 g/mol. The van der Waals surface area contributed by atoms with Crippen LogP contribution in [0.3, 0.4) is 0 Å².